The van der Waals surface area contributed by atoms with Crippen LogP contribution in [0.25, 0.3) is 0 Å². The Morgan fingerprint density at radius 1 is 1.18 bits per heavy atom. The lowest BCUT2D eigenvalue weighted by atomic mass is 9.93. The van der Waals surface area contributed by atoms with Crippen LogP contribution >= 0.6 is 0 Å². The van der Waals surface area contributed by atoms with Gasteiger partial charge >= 0.3 is 0 Å². The Labute approximate surface area is 166 Å². The fourth-order valence-electron chi connectivity index (χ4n) is 4.54. The van der Waals surface area contributed by atoms with Crippen molar-refractivity contribution < 1.29 is 9.47 Å². The number of methoxy groups -OCH3 is 1. The van der Waals surface area contributed by atoms with Crippen molar-refractivity contribution in [1.29, 1.82) is 0 Å². The highest BCUT2D eigenvalue weighted by atomic mass is 16.5. The first-order valence-electron chi connectivity index (χ1n) is 10.3. The van der Waals surface area contributed by atoms with Crippen LogP contribution in [-0.2, 0) is 19.5 Å². The molecule has 1 atom stereocenters. The standard InChI is InChI=1S/C22H29N3O3/c1-3-28-20-12-16(8-9-19(20)27-2)14-24-10-4-6-17(15-24)18-13-22(26)23-21-7-5-11-25(18)21/h8-9,12-13,17H,3-7,10-11,14-15H2,1-2H3/t17-/m1/s1. The van der Waals surface area contributed by atoms with Gasteiger partial charge in [0.25, 0.3) is 5.56 Å². The van der Waals surface area contributed by atoms with E-state index in [1.165, 1.54) is 11.3 Å². The molecule has 1 fully saturated rings. The highest BCUT2D eigenvalue weighted by molar-refractivity contribution is 5.43. The second-order valence-corrected chi connectivity index (χ2v) is 7.68. The van der Waals surface area contributed by atoms with Gasteiger partial charge in [-0.25, -0.2) is 0 Å². The Morgan fingerprint density at radius 2 is 2.07 bits per heavy atom. The predicted octanol–water partition coefficient (Wildman–Crippen LogP) is 2.98. The third-order valence-corrected chi connectivity index (χ3v) is 5.77. The Kier molecular flexibility index (Phi) is 5.67. The molecular formula is C22H29N3O3. The Morgan fingerprint density at radius 3 is 2.89 bits per heavy atom. The van der Waals surface area contributed by atoms with E-state index in [0.29, 0.717) is 12.5 Å². The fourth-order valence-corrected chi connectivity index (χ4v) is 4.54. The van der Waals surface area contributed by atoms with Crippen molar-refractivity contribution >= 4 is 0 Å². The van der Waals surface area contributed by atoms with Crippen molar-refractivity contribution in [3.8, 4) is 11.5 Å². The van der Waals surface area contributed by atoms with Gasteiger partial charge in [-0.3, -0.25) is 9.69 Å². The van der Waals surface area contributed by atoms with E-state index >= 15 is 0 Å². The van der Waals surface area contributed by atoms with Crippen LogP contribution in [0.3, 0.4) is 0 Å². The molecule has 0 aliphatic carbocycles. The van der Waals surface area contributed by atoms with Gasteiger partial charge in [0.2, 0.25) is 0 Å². The van der Waals surface area contributed by atoms with E-state index in [1.807, 2.05) is 13.0 Å². The third kappa shape index (κ3) is 3.92. The summed E-state index contributed by atoms with van der Waals surface area (Å²) < 4.78 is 13.4. The van der Waals surface area contributed by atoms with Crippen LogP contribution in [0.5, 0.6) is 11.5 Å². The minimum absolute atomic E-state index is 0.0863. The summed E-state index contributed by atoms with van der Waals surface area (Å²) in [5, 5.41) is 0. The SMILES string of the molecule is CCOc1cc(CN2CCC[C@@H](c3cc(=O)nc4n3CCC4)C2)ccc1OC. The largest absolute Gasteiger partial charge is 0.493 e. The summed E-state index contributed by atoms with van der Waals surface area (Å²) in [6.07, 6.45) is 4.29. The summed E-state index contributed by atoms with van der Waals surface area (Å²) >= 11 is 0. The average molecular weight is 383 g/mol. The molecule has 0 spiro atoms. The van der Waals surface area contributed by atoms with Crippen LogP contribution in [0, 0.1) is 0 Å². The van der Waals surface area contributed by atoms with Crippen LogP contribution in [-0.4, -0.2) is 41.3 Å². The summed E-state index contributed by atoms with van der Waals surface area (Å²) in [5.41, 5.74) is 2.32. The second kappa shape index (κ2) is 8.35. The molecule has 150 valence electrons. The molecule has 0 radical (unpaired) electrons. The topological polar surface area (TPSA) is 56.6 Å². The number of hydrogen-bond acceptors (Lipinski definition) is 5. The van der Waals surface area contributed by atoms with Crippen LogP contribution in [0.2, 0.25) is 0 Å². The number of rotatable bonds is 6. The van der Waals surface area contributed by atoms with Crippen LogP contribution in [0.15, 0.2) is 29.1 Å². The molecule has 6 heteroatoms. The molecule has 2 aliphatic heterocycles. The molecule has 1 aromatic heterocycles. The number of nitrogens with zero attached hydrogens (tertiary/aromatic N) is 3. The number of ether oxygens (including phenoxy) is 2. The number of aromatic nitrogens is 2. The zero-order valence-electron chi connectivity index (χ0n) is 16.8. The lowest BCUT2D eigenvalue weighted by Crippen LogP contribution is -2.35. The molecule has 0 bridgehead atoms. The predicted molar refractivity (Wildman–Crippen MR) is 108 cm³/mol. The summed E-state index contributed by atoms with van der Waals surface area (Å²) in [4.78, 5) is 18.8. The van der Waals surface area contributed by atoms with Crippen LogP contribution in [0.4, 0.5) is 0 Å². The highest BCUT2D eigenvalue weighted by Gasteiger charge is 2.26. The van der Waals surface area contributed by atoms with Crippen molar-refractivity contribution in [2.24, 2.45) is 0 Å². The van der Waals surface area contributed by atoms with Gasteiger partial charge < -0.3 is 14.0 Å². The Hall–Kier alpha value is -2.34. The number of fused-ring (bicyclic) bond motifs is 1. The first-order chi connectivity index (χ1) is 13.7. The van der Waals surface area contributed by atoms with Gasteiger partial charge in [-0.1, -0.05) is 6.07 Å². The number of aryl methyl sites for hydroxylation is 1. The summed E-state index contributed by atoms with van der Waals surface area (Å²) in [5.74, 6) is 2.94. The first-order valence-corrected chi connectivity index (χ1v) is 10.3. The quantitative estimate of drug-likeness (QED) is 0.768. The molecule has 3 heterocycles. The van der Waals surface area contributed by atoms with Crippen molar-refractivity contribution in [1.82, 2.24) is 14.5 Å². The maximum Gasteiger partial charge on any atom is 0.273 e. The Balaban J connectivity index is 1.51. The zero-order valence-corrected chi connectivity index (χ0v) is 16.8. The summed E-state index contributed by atoms with van der Waals surface area (Å²) in [6.45, 7) is 6.52. The zero-order chi connectivity index (χ0) is 19.5. The van der Waals surface area contributed by atoms with Gasteiger partial charge in [-0.15, -0.1) is 0 Å². The molecule has 2 aromatic rings. The van der Waals surface area contributed by atoms with E-state index in [1.54, 1.807) is 13.2 Å². The van der Waals surface area contributed by atoms with E-state index in [9.17, 15) is 4.79 Å². The van der Waals surface area contributed by atoms with Gasteiger partial charge in [-0.2, -0.15) is 4.98 Å². The number of benzene rings is 1. The van der Waals surface area contributed by atoms with Crippen molar-refractivity contribution in [2.75, 3.05) is 26.8 Å². The third-order valence-electron chi connectivity index (χ3n) is 5.77. The van der Waals surface area contributed by atoms with E-state index in [-0.39, 0.29) is 5.56 Å². The molecule has 2 aliphatic rings. The molecular weight excluding hydrogens is 354 g/mol. The fraction of sp³-hybridized carbons (Fsp3) is 0.545. The monoisotopic (exact) mass is 383 g/mol. The molecule has 0 N–H and O–H groups in total. The van der Waals surface area contributed by atoms with Crippen molar-refractivity contribution in [2.45, 2.75) is 51.6 Å². The van der Waals surface area contributed by atoms with Crippen LogP contribution in [0.1, 0.15) is 49.2 Å². The minimum Gasteiger partial charge on any atom is -0.493 e. The molecule has 4 rings (SSSR count). The Bertz CT molecular complexity index is 893. The summed E-state index contributed by atoms with van der Waals surface area (Å²) in [7, 11) is 1.67. The number of likely N-dealkylation sites (tertiary alicyclic amines) is 1. The van der Waals surface area contributed by atoms with Gasteiger partial charge in [0, 0.05) is 43.7 Å². The maximum atomic E-state index is 12.1. The average Bonchev–Trinajstić information content (AvgIpc) is 3.16. The molecule has 0 unspecified atom stereocenters. The van der Waals surface area contributed by atoms with Gasteiger partial charge in [-0.05, 0) is 50.4 Å². The van der Waals surface area contributed by atoms with Crippen molar-refractivity contribution in [3.05, 3.63) is 51.7 Å². The smallest absolute Gasteiger partial charge is 0.273 e. The van der Waals surface area contributed by atoms with Gasteiger partial charge in [0.15, 0.2) is 11.5 Å². The van der Waals surface area contributed by atoms with Gasteiger partial charge in [0.1, 0.15) is 5.82 Å². The lowest BCUT2D eigenvalue weighted by Gasteiger charge is -2.34. The van der Waals surface area contributed by atoms with E-state index in [0.717, 1.165) is 69.2 Å². The molecule has 6 nitrogen and oxygen atoms in total. The maximum absolute atomic E-state index is 12.1. The molecule has 0 amide bonds. The van der Waals surface area contributed by atoms with Crippen LogP contribution < -0.4 is 15.0 Å². The lowest BCUT2D eigenvalue weighted by molar-refractivity contribution is 0.196. The molecule has 28 heavy (non-hydrogen) atoms. The molecule has 0 saturated carbocycles. The molecule has 1 saturated heterocycles. The van der Waals surface area contributed by atoms with E-state index in [2.05, 4.69) is 26.6 Å². The van der Waals surface area contributed by atoms with Crippen molar-refractivity contribution in [3.63, 3.8) is 0 Å². The molecule has 1 aromatic carbocycles. The van der Waals surface area contributed by atoms with E-state index < -0.39 is 0 Å². The minimum atomic E-state index is -0.0863. The first kappa shape index (κ1) is 19.0. The number of hydrogen-bond donors (Lipinski definition) is 0. The normalized spacial score (nSPS) is 19.4. The number of piperidine rings is 1. The highest BCUT2D eigenvalue weighted by Crippen LogP contribution is 2.31. The second-order valence-electron chi connectivity index (χ2n) is 7.68. The van der Waals surface area contributed by atoms with Gasteiger partial charge in [0.05, 0.1) is 13.7 Å². The van der Waals surface area contributed by atoms with E-state index in [4.69, 9.17) is 9.47 Å². The summed E-state index contributed by atoms with van der Waals surface area (Å²) in [6, 6.07) is 7.95.